The average molecular weight is 485 g/mol. The Morgan fingerprint density at radius 1 is 1.34 bits per heavy atom. The molecule has 176 valence electrons. The highest BCUT2D eigenvalue weighted by Gasteiger charge is 2.37. The number of hydrogen-bond acceptors (Lipinski definition) is 9. The van der Waals surface area contributed by atoms with Crippen molar-refractivity contribution < 1.29 is 27.9 Å². The number of carbonyl (C=O) groups is 1. The van der Waals surface area contributed by atoms with Crippen LogP contribution in [0.1, 0.15) is 17.1 Å². The fourth-order valence-electron chi connectivity index (χ4n) is 3.50. The van der Waals surface area contributed by atoms with Gasteiger partial charge in [0.2, 0.25) is 10.0 Å². The molecule has 12 heteroatoms. The molecule has 1 aromatic heterocycles. The number of methoxy groups -OCH3 is 1. The van der Waals surface area contributed by atoms with Gasteiger partial charge in [0.05, 0.1) is 42.5 Å². The minimum atomic E-state index is -4.09. The topological polar surface area (TPSA) is 121 Å². The second-order valence-corrected chi connectivity index (χ2v) is 10.3. The van der Waals surface area contributed by atoms with Gasteiger partial charge in [-0.2, -0.15) is 4.31 Å². The highest BCUT2D eigenvalue weighted by Crippen LogP contribution is 2.25. The first-order chi connectivity index (χ1) is 15.3. The second-order valence-electron chi connectivity index (χ2n) is 7.32. The molecule has 10 nitrogen and oxygen atoms in total. The summed E-state index contributed by atoms with van der Waals surface area (Å²) in [4.78, 5) is 19.1. The molecule has 1 aromatic carbocycles. The lowest BCUT2D eigenvalue weighted by Gasteiger charge is -2.32. The normalized spacial score (nSPS) is 16.1. The van der Waals surface area contributed by atoms with E-state index in [4.69, 9.17) is 9.47 Å². The molecule has 1 unspecified atom stereocenters. The summed E-state index contributed by atoms with van der Waals surface area (Å²) in [5.41, 5.74) is 2.17. The summed E-state index contributed by atoms with van der Waals surface area (Å²) in [6.07, 6.45) is 0.199. The van der Waals surface area contributed by atoms with Gasteiger partial charge in [-0.3, -0.25) is 14.9 Å². The van der Waals surface area contributed by atoms with Gasteiger partial charge in [-0.1, -0.05) is 0 Å². The molecule has 32 heavy (non-hydrogen) atoms. The molecule has 0 radical (unpaired) electrons. The molecular weight excluding hydrogens is 456 g/mol. The minimum Gasteiger partial charge on any atom is -0.497 e. The van der Waals surface area contributed by atoms with Crippen LogP contribution in [0.2, 0.25) is 0 Å². The van der Waals surface area contributed by atoms with Crippen LogP contribution in [0.15, 0.2) is 34.5 Å². The average Bonchev–Trinajstić information content (AvgIpc) is 3.23. The van der Waals surface area contributed by atoms with E-state index < -0.39 is 22.0 Å². The Bertz CT molecular complexity index is 990. The van der Waals surface area contributed by atoms with E-state index >= 15 is 0 Å². The van der Waals surface area contributed by atoms with Gasteiger partial charge < -0.3 is 9.47 Å². The molecule has 2 N–H and O–H groups in total. The number of sulfonamides is 1. The van der Waals surface area contributed by atoms with Crippen LogP contribution in [0.3, 0.4) is 0 Å². The molecule has 1 amide bonds. The van der Waals surface area contributed by atoms with E-state index in [-0.39, 0.29) is 17.9 Å². The number of carbonyl (C=O) groups excluding carboxylic acids is 1. The van der Waals surface area contributed by atoms with Crippen LogP contribution >= 0.6 is 11.3 Å². The quantitative estimate of drug-likeness (QED) is 0.382. The Balaban J connectivity index is 1.94. The lowest BCUT2D eigenvalue weighted by molar-refractivity contribution is -0.133. The number of nitrogens with zero attached hydrogens (tertiary/aromatic N) is 3. The zero-order valence-corrected chi connectivity index (χ0v) is 19.7. The number of benzene rings is 1. The summed E-state index contributed by atoms with van der Waals surface area (Å²) in [5.74, 6) is -0.273. The number of amides is 1. The molecule has 3 rings (SSSR count). The number of hydrogen-bond donors (Lipinski definition) is 2. The van der Waals surface area contributed by atoms with Crippen LogP contribution in [-0.2, 0) is 26.1 Å². The number of rotatable bonds is 10. The standard InChI is InChI=1S/C20H28N4O6S2/c1-15-21-16(14-31-15)13-24(32(27,28)18-5-3-17(29-2)4-6-18)19(20(25)22-26)7-8-23-9-11-30-12-10-23/h3-6,14,19,26H,7-13H2,1-2H3,(H,22,25). The van der Waals surface area contributed by atoms with Gasteiger partial charge in [0.15, 0.2) is 0 Å². The van der Waals surface area contributed by atoms with E-state index in [2.05, 4.69) is 9.88 Å². The number of ether oxygens (including phenoxy) is 2. The third kappa shape index (κ3) is 6.03. The number of aromatic nitrogens is 1. The van der Waals surface area contributed by atoms with Crippen LogP contribution in [0.5, 0.6) is 5.75 Å². The Labute approximate surface area is 191 Å². The van der Waals surface area contributed by atoms with Crippen LogP contribution < -0.4 is 10.2 Å². The van der Waals surface area contributed by atoms with E-state index in [0.717, 1.165) is 9.31 Å². The highest BCUT2D eigenvalue weighted by molar-refractivity contribution is 7.89. The van der Waals surface area contributed by atoms with E-state index in [0.29, 0.717) is 44.3 Å². The number of aryl methyl sites for hydroxylation is 1. The first kappa shape index (κ1) is 24.6. The van der Waals surface area contributed by atoms with Crippen molar-refractivity contribution in [2.24, 2.45) is 0 Å². The lowest BCUT2D eigenvalue weighted by atomic mass is 10.1. The molecule has 1 saturated heterocycles. The minimum absolute atomic E-state index is 0.0207. The molecule has 2 heterocycles. The van der Waals surface area contributed by atoms with Crippen molar-refractivity contribution in [1.29, 1.82) is 0 Å². The molecule has 2 aromatic rings. The lowest BCUT2D eigenvalue weighted by Crippen LogP contribution is -2.50. The Morgan fingerprint density at radius 3 is 2.59 bits per heavy atom. The molecule has 0 bridgehead atoms. The molecule has 1 atom stereocenters. The molecular formula is C20H28N4O6S2. The highest BCUT2D eigenvalue weighted by atomic mass is 32.2. The van der Waals surface area contributed by atoms with Gasteiger partial charge in [-0.15, -0.1) is 11.3 Å². The zero-order valence-electron chi connectivity index (χ0n) is 18.1. The van der Waals surface area contributed by atoms with Crippen LogP contribution in [0, 0.1) is 6.92 Å². The zero-order chi connectivity index (χ0) is 23.1. The van der Waals surface area contributed by atoms with Crippen LogP contribution in [-0.4, -0.2) is 79.7 Å². The van der Waals surface area contributed by atoms with E-state index in [1.165, 1.54) is 30.6 Å². The largest absolute Gasteiger partial charge is 0.497 e. The summed E-state index contributed by atoms with van der Waals surface area (Å²) in [5, 5.41) is 11.9. The van der Waals surface area contributed by atoms with Crippen molar-refractivity contribution in [1.82, 2.24) is 19.7 Å². The Morgan fingerprint density at radius 2 is 2.03 bits per heavy atom. The van der Waals surface area contributed by atoms with Crippen molar-refractivity contribution in [2.75, 3.05) is 40.0 Å². The van der Waals surface area contributed by atoms with E-state index in [1.807, 2.05) is 6.92 Å². The van der Waals surface area contributed by atoms with Gasteiger partial charge >= 0.3 is 0 Å². The molecule has 1 fully saturated rings. The smallest absolute Gasteiger partial charge is 0.261 e. The summed E-state index contributed by atoms with van der Waals surface area (Å²) < 4.78 is 38.8. The third-order valence-corrected chi connectivity index (χ3v) is 7.92. The predicted octanol–water partition coefficient (Wildman–Crippen LogP) is 1.25. The van der Waals surface area contributed by atoms with Gasteiger partial charge in [0.25, 0.3) is 5.91 Å². The van der Waals surface area contributed by atoms with E-state index in [1.54, 1.807) is 23.0 Å². The van der Waals surface area contributed by atoms with Crippen molar-refractivity contribution >= 4 is 27.3 Å². The molecule has 0 spiro atoms. The fourth-order valence-corrected chi connectivity index (χ4v) is 5.69. The van der Waals surface area contributed by atoms with Crippen molar-refractivity contribution in [3.8, 4) is 5.75 Å². The second kappa shape index (κ2) is 11.2. The third-order valence-electron chi connectivity index (χ3n) is 5.23. The Kier molecular flexibility index (Phi) is 8.57. The Hall–Kier alpha value is -2.09. The van der Waals surface area contributed by atoms with Crippen LogP contribution in [0.25, 0.3) is 0 Å². The number of thiazole rings is 1. The SMILES string of the molecule is COc1ccc(S(=O)(=O)N(Cc2csc(C)n2)C(CCN2CCOCC2)C(=O)NO)cc1. The number of nitrogens with one attached hydrogen (secondary N) is 1. The first-order valence-electron chi connectivity index (χ1n) is 10.2. The molecule has 1 aliphatic heterocycles. The van der Waals surface area contributed by atoms with E-state index in [9.17, 15) is 18.4 Å². The number of hydroxylamine groups is 1. The maximum Gasteiger partial charge on any atom is 0.261 e. The summed E-state index contributed by atoms with van der Waals surface area (Å²) >= 11 is 1.40. The van der Waals surface area contributed by atoms with Gasteiger partial charge in [0, 0.05) is 25.0 Å². The number of morpholine rings is 1. The van der Waals surface area contributed by atoms with Crippen molar-refractivity contribution in [2.45, 2.75) is 30.8 Å². The molecule has 0 aliphatic carbocycles. The molecule has 1 aliphatic rings. The maximum absolute atomic E-state index is 13.6. The molecule has 0 saturated carbocycles. The van der Waals surface area contributed by atoms with Gasteiger partial charge in [-0.25, -0.2) is 18.9 Å². The summed E-state index contributed by atoms with van der Waals surface area (Å²) in [7, 11) is -2.60. The monoisotopic (exact) mass is 484 g/mol. The predicted molar refractivity (Wildman–Crippen MR) is 118 cm³/mol. The van der Waals surface area contributed by atoms with Gasteiger partial charge in [-0.05, 0) is 37.6 Å². The van der Waals surface area contributed by atoms with Crippen molar-refractivity contribution in [3.63, 3.8) is 0 Å². The first-order valence-corrected chi connectivity index (χ1v) is 12.5. The van der Waals surface area contributed by atoms with Crippen molar-refractivity contribution in [3.05, 3.63) is 40.3 Å². The fraction of sp³-hybridized carbons (Fsp3) is 0.500. The summed E-state index contributed by atoms with van der Waals surface area (Å²) in [6.45, 7) is 4.78. The van der Waals surface area contributed by atoms with Crippen LogP contribution in [0.4, 0.5) is 0 Å². The van der Waals surface area contributed by atoms with Gasteiger partial charge in [0.1, 0.15) is 11.8 Å². The maximum atomic E-state index is 13.6. The summed E-state index contributed by atoms with van der Waals surface area (Å²) in [6, 6.07) is 4.84.